The number of nitrogens with one attached hydrogen (secondary N) is 1. The fraction of sp³-hybridized carbons (Fsp3) is 0.200. The first-order valence-corrected chi connectivity index (χ1v) is 6.70. The van der Waals surface area contributed by atoms with Crippen LogP contribution in [0.4, 0.5) is 0 Å². The molecule has 1 amide bonds. The maximum absolute atomic E-state index is 11.9. The molecule has 0 aliphatic carbocycles. The number of methoxy groups -OCH3 is 1. The van der Waals surface area contributed by atoms with Gasteiger partial charge in [-0.1, -0.05) is 29.8 Å². The van der Waals surface area contributed by atoms with E-state index in [0.29, 0.717) is 11.3 Å². The number of carbonyl (C=O) groups is 1. The molecule has 5 nitrogen and oxygen atoms in total. The van der Waals surface area contributed by atoms with Crippen LogP contribution < -0.4 is 10.1 Å². The smallest absolute Gasteiger partial charge is 0.270 e. The topological polar surface area (TPSA) is 71.5 Å². The zero-order chi connectivity index (χ0) is 15.2. The number of carbonyl (C=O) groups excluding carboxylic acids is 1. The average Bonchev–Trinajstić information content (AvgIpc) is 2.52. The molecular weight excluding hydrogens is 292 g/mol. The van der Waals surface area contributed by atoms with Crippen molar-refractivity contribution in [3.05, 3.63) is 58.9 Å². The Morgan fingerprint density at radius 3 is 2.67 bits per heavy atom. The largest absolute Gasteiger partial charge is 0.497 e. The van der Waals surface area contributed by atoms with Crippen molar-refractivity contribution in [1.82, 2.24) is 10.3 Å². The highest BCUT2D eigenvalue weighted by molar-refractivity contribution is 6.29. The minimum absolute atomic E-state index is 0.0827. The van der Waals surface area contributed by atoms with E-state index in [1.807, 2.05) is 0 Å². The molecule has 0 fully saturated rings. The van der Waals surface area contributed by atoms with E-state index in [-0.39, 0.29) is 23.3 Å². The number of benzene rings is 1. The van der Waals surface area contributed by atoms with Gasteiger partial charge in [-0.05, 0) is 29.8 Å². The number of hydrogen-bond acceptors (Lipinski definition) is 4. The van der Waals surface area contributed by atoms with Crippen LogP contribution >= 0.6 is 11.6 Å². The number of rotatable bonds is 5. The van der Waals surface area contributed by atoms with Gasteiger partial charge in [-0.15, -0.1) is 0 Å². The molecule has 0 saturated carbocycles. The minimum atomic E-state index is -0.806. The molecule has 2 rings (SSSR count). The number of aromatic nitrogens is 1. The molecule has 21 heavy (non-hydrogen) atoms. The second-order valence-corrected chi connectivity index (χ2v) is 4.73. The van der Waals surface area contributed by atoms with E-state index < -0.39 is 6.10 Å². The molecule has 1 atom stereocenters. The Kier molecular flexibility index (Phi) is 5.14. The van der Waals surface area contributed by atoms with E-state index in [1.54, 1.807) is 49.6 Å². The highest BCUT2D eigenvalue weighted by atomic mass is 35.5. The summed E-state index contributed by atoms with van der Waals surface area (Å²) in [5.41, 5.74) is 0.902. The molecule has 0 saturated heterocycles. The van der Waals surface area contributed by atoms with Crippen LogP contribution in [-0.4, -0.2) is 29.7 Å². The first kappa shape index (κ1) is 15.3. The summed E-state index contributed by atoms with van der Waals surface area (Å²) in [7, 11) is 1.57. The average molecular weight is 307 g/mol. The number of halogens is 1. The molecule has 0 aliphatic heterocycles. The molecule has 0 spiro atoms. The molecule has 2 aromatic rings. The SMILES string of the molecule is COc1ccc(C(O)CNC(=O)c2cccc(Cl)n2)cc1. The van der Waals surface area contributed by atoms with Crippen LogP contribution in [-0.2, 0) is 0 Å². The van der Waals surface area contributed by atoms with Gasteiger partial charge < -0.3 is 15.2 Å². The molecule has 1 heterocycles. The maximum Gasteiger partial charge on any atom is 0.270 e. The standard InChI is InChI=1S/C15H15ClN2O3/c1-21-11-7-5-10(6-8-11)13(19)9-17-15(20)12-3-2-4-14(16)18-12/h2-8,13,19H,9H2,1H3,(H,17,20). The van der Waals surface area contributed by atoms with Gasteiger partial charge in [-0.2, -0.15) is 0 Å². The van der Waals surface area contributed by atoms with Gasteiger partial charge in [0.25, 0.3) is 5.91 Å². The Morgan fingerprint density at radius 2 is 2.05 bits per heavy atom. The summed E-state index contributed by atoms with van der Waals surface area (Å²) in [4.78, 5) is 15.8. The maximum atomic E-state index is 11.9. The zero-order valence-corrected chi connectivity index (χ0v) is 12.2. The number of hydrogen-bond donors (Lipinski definition) is 2. The van der Waals surface area contributed by atoms with E-state index in [4.69, 9.17) is 16.3 Å². The molecule has 0 bridgehead atoms. The van der Waals surface area contributed by atoms with Gasteiger partial charge in [-0.3, -0.25) is 4.79 Å². The lowest BCUT2D eigenvalue weighted by molar-refractivity contribution is 0.0911. The van der Waals surface area contributed by atoms with E-state index >= 15 is 0 Å². The quantitative estimate of drug-likeness (QED) is 0.831. The molecule has 1 unspecified atom stereocenters. The van der Waals surface area contributed by atoms with Gasteiger partial charge in [0.15, 0.2) is 0 Å². The lowest BCUT2D eigenvalue weighted by atomic mass is 10.1. The van der Waals surface area contributed by atoms with Gasteiger partial charge in [0.2, 0.25) is 0 Å². The fourth-order valence-electron chi connectivity index (χ4n) is 1.76. The molecular formula is C15H15ClN2O3. The third-order valence-electron chi connectivity index (χ3n) is 2.90. The van der Waals surface area contributed by atoms with Gasteiger partial charge in [0, 0.05) is 6.54 Å². The van der Waals surface area contributed by atoms with Crippen molar-refractivity contribution in [2.75, 3.05) is 13.7 Å². The summed E-state index contributed by atoms with van der Waals surface area (Å²) < 4.78 is 5.04. The lowest BCUT2D eigenvalue weighted by Crippen LogP contribution is -2.29. The Morgan fingerprint density at radius 1 is 1.33 bits per heavy atom. The van der Waals surface area contributed by atoms with Crippen molar-refractivity contribution >= 4 is 17.5 Å². The second-order valence-electron chi connectivity index (χ2n) is 4.34. The Balaban J connectivity index is 1.93. The number of nitrogens with zero attached hydrogens (tertiary/aromatic N) is 1. The number of aliphatic hydroxyl groups excluding tert-OH is 1. The number of ether oxygens (including phenoxy) is 1. The molecule has 2 N–H and O–H groups in total. The van der Waals surface area contributed by atoms with Crippen molar-refractivity contribution in [2.45, 2.75) is 6.10 Å². The Bertz CT molecular complexity index is 617. The number of aliphatic hydroxyl groups is 1. The third-order valence-corrected chi connectivity index (χ3v) is 3.11. The summed E-state index contributed by atoms with van der Waals surface area (Å²) in [5.74, 6) is 0.322. The van der Waals surface area contributed by atoms with Gasteiger partial charge in [0.1, 0.15) is 16.6 Å². The van der Waals surface area contributed by atoms with Gasteiger partial charge >= 0.3 is 0 Å². The van der Waals surface area contributed by atoms with Crippen LogP contribution in [0.5, 0.6) is 5.75 Å². The van der Waals surface area contributed by atoms with E-state index in [0.717, 1.165) is 0 Å². The van der Waals surface area contributed by atoms with Crippen molar-refractivity contribution in [1.29, 1.82) is 0 Å². The summed E-state index contributed by atoms with van der Waals surface area (Å²) in [6.07, 6.45) is -0.806. The summed E-state index contributed by atoms with van der Waals surface area (Å²) in [6.45, 7) is 0.0827. The van der Waals surface area contributed by atoms with Gasteiger partial charge in [0.05, 0.1) is 13.2 Å². The number of pyridine rings is 1. The highest BCUT2D eigenvalue weighted by Gasteiger charge is 2.12. The van der Waals surface area contributed by atoms with Crippen molar-refractivity contribution in [2.24, 2.45) is 0 Å². The Labute approximate surface area is 127 Å². The normalized spacial score (nSPS) is 11.8. The molecule has 110 valence electrons. The summed E-state index contributed by atoms with van der Waals surface area (Å²) in [6, 6.07) is 11.8. The summed E-state index contributed by atoms with van der Waals surface area (Å²) >= 11 is 5.72. The van der Waals surface area contributed by atoms with Crippen molar-refractivity contribution in [3.8, 4) is 5.75 Å². The van der Waals surface area contributed by atoms with Crippen LogP contribution in [0.2, 0.25) is 5.15 Å². The van der Waals surface area contributed by atoms with Crippen LogP contribution in [0.15, 0.2) is 42.5 Å². The third kappa shape index (κ3) is 4.18. The van der Waals surface area contributed by atoms with E-state index in [2.05, 4.69) is 10.3 Å². The van der Waals surface area contributed by atoms with Crippen LogP contribution in [0.25, 0.3) is 0 Å². The van der Waals surface area contributed by atoms with Crippen LogP contribution in [0.1, 0.15) is 22.2 Å². The van der Waals surface area contributed by atoms with Crippen LogP contribution in [0.3, 0.4) is 0 Å². The minimum Gasteiger partial charge on any atom is -0.497 e. The predicted molar refractivity (Wildman–Crippen MR) is 79.5 cm³/mol. The molecule has 1 aromatic heterocycles. The fourth-order valence-corrected chi connectivity index (χ4v) is 1.92. The highest BCUT2D eigenvalue weighted by Crippen LogP contribution is 2.17. The van der Waals surface area contributed by atoms with Crippen LogP contribution in [0, 0.1) is 0 Å². The zero-order valence-electron chi connectivity index (χ0n) is 11.4. The Hall–Kier alpha value is -2.11. The molecule has 0 aliphatic rings. The second kappa shape index (κ2) is 7.06. The number of amides is 1. The first-order chi connectivity index (χ1) is 10.1. The monoisotopic (exact) mass is 306 g/mol. The molecule has 0 radical (unpaired) electrons. The van der Waals surface area contributed by atoms with E-state index in [1.165, 1.54) is 0 Å². The molecule has 1 aromatic carbocycles. The van der Waals surface area contributed by atoms with E-state index in [9.17, 15) is 9.90 Å². The van der Waals surface area contributed by atoms with Gasteiger partial charge in [-0.25, -0.2) is 4.98 Å². The molecule has 6 heteroatoms. The van der Waals surface area contributed by atoms with Crippen molar-refractivity contribution in [3.63, 3.8) is 0 Å². The predicted octanol–water partition coefficient (Wildman–Crippen LogP) is 2.21. The first-order valence-electron chi connectivity index (χ1n) is 6.33. The summed E-state index contributed by atoms with van der Waals surface area (Å²) in [5, 5.41) is 12.9. The lowest BCUT2D eigenvalue weighted by Gasteiger charge is -2.12. The van der Waals surface area contributed by atoms with Crippen molar-refractivity contribution < 1.29 is 14.6 Å².